The highest BCUT2D eigenvalue weighted by atomic mass is 35.5. The number of halogens is 1. The first kappa shape index (κ1) is 25.3. The van der Waals surface area contributed by atoms with E-state index in [4.69, 9.17) is 22.3 Å². The summed E-state index contributed by atoms with van der Waals surface area (Å²) in [7, 11) is 0. The van der Waals surface area contributed by atoms with Gasteiger partial charge < -0.3 is 11.1 Å². The van der Waals surface area contributed by atoms with Crippen LogP contribution in [-0.4, -0.2) is 29.3 Å². The zero-order valence-electron chi connectivity index (χ0n) is 21.6. The van der Waals surface area contributed by atoms with Crippen molar-refractivity contribution in [1.29, 1.82) is 0 Å². The maximum Gasteiger partial charge on any atom is 0.267 e. The number of nitrogens with two attached hydrogens (primary N) is 1. The summed E-state index contributed by atoms with van der Waals surface area (Å²) in [4.78, 5) is 27.4. The Kier molecular flexibility index (Phi) is 6.71. The highest BCUT2D eigenvalue weighted by Gasteiger charge is 2.21. The summed E-state index contributed by atoms with van der Waals surface area (Å²) in [6.45, 7) is 2.54. The SMILES string of the molecule is CC(Nc1nc(N)ncc1-c1cnn(Cc2ccccc2)c1)c1nc2cccc(Cl)c2c(=O)n1-c1ccccc1. The number of nitrogen functional groups attached to an aromatic ring is 1. The van der Waals surface area contributed by atoms with Crippen molar-refractivity contribution < 1.29 is 0 Å². The second-order valence-corrected chi connectivity index (χ2v) is 9.76. The van der Waals surface area contributed by atoms with E-state index in [9.17, 15) is 4.79 Å². The summed E-state index contributed by atoms with van der Waals surface area (Å²) >= 11 is 6.43. The Morgan fingerprint density at radius 2 is 1.70 bits per heavy atom. The largest absolute Gasteiger partial charge is 0.368 e. The molecule has 3 aromatic heterocycles. The molecule has 6 aromatic rings. The van der Waals surface area contributed by atoms with Crippen LogP contribution in [0.2, 0.25) is 5.02 Å². The zero-order chi connectivity index (χ0) is 27.6. The van der Waals surface area contributed by atoms with Gasteiger partial charge in [0.25, 0.3) is 5.56 Å². The Balaban J connectivity index is 1.41. The van der Waals surface area contributed by atoms with Gasteiger partial charge in [-0.3, -0.25) is 14.0 Å². The maximum atomic E-state index is 13.8. The molecule has 0 saturated heterocycles. The molecule has 0 saturated carbocycles. The number of anilines is 2. The van der Waals surface area contributed by atoms with Gasteiger partial charge >= 0.3 is 0 Å². The van der Waals surface area contributed by atoms with Crippen molar-refractivity contribution in [3.63, 3.8) is 0 Å². The highest BCUT2D eigenvalue weighted by molar-refractivity contribution is 6.35. The van der Waals surface area contributed by atoms with Gasteiger partial charge in [0.05, 0.1) is 40.4 Å². The minimum atomic E-state index is -0.455. The molecule has 1 unspecified atom stereocenters. The monoisotopic (exact) mass is 548 g/mol. The number of fused-ring (bicyclic) bond motifs is 1. The molecular formula is C30H25ClN8O. The molecule has 40 heavy (non-hydrogen) atoms. The first-order valence-electron chi connectivity index (χ1n) is 12.7. The molecule has 0 radical (unpaired) electrons. The van der Waals surface area contributed by atoms with Crippen LogP contribution in [0.4, 0.5) is 11.8 Å². The molecule has 198 valence electrons. The number of benzene rings is 3. The quantitative estimate of drug-likeness (QED) is 0.271. The smallest absolute Gasteiger partial charge is 0.267 e. The molecule has 3 heterocycles. The molecule has 0 fully saturated rings. The molecule has 6 rings (SSSR count). The van der Waals surface area contributed by atoms with E-state index >= 15 is 0 Å². The van der Waals surface area contributed by atoms with E-state index in [1.807, 2.05) is 66.3 Å². The van der Waals surface area contributed by atoms with Crippen molar-refractivity contribution in [2.45, 2.75) is 19.5 Å². The average molecular weight is 549 g/mol. The minimum absolute atomic E-state index is 0.119. The van der Waals surface area contributed by atoms with Gasteiger partial charge in [0.15, 0.2) is 0 Å². The molecule has 0 spiro atoms. The molecule has 0 amide bonds. The fourth-order valence-corrected chi connectivity index (χ4v) is 4.92. The Morgan fingerprint density at radius 3 is 2.48 bits per heavy atom. The van der Waals surface area contributed by atoms with Gasteiger partial charge in [-0.25, -0.2) is 9.97 Å². The summed E-state index contributed by atoms with van der Waals surface area (Å²) in [6, 6.07) is 24.2. The Hall–Kier alpha value is -5.02. The van der Waals surface area contributed by atoms with Crippen LogP contribution < -0.4 is 16.6 Å². The van der Waals surface area contributed by atoms with Crippen molar-refractivity contribution in [3.8, 4) is 16.8 Å². The van der Waals surface area contributed by atoms with Gasteiger partial charge in [0.1, 0.15) is 11.6 Å². The predicted octanol–water partition coefficient (Wildman–Crippen LogP) is 5.50. The number of aromatic nitrogens is 6. The van der Waals surface area contributed by atoms with Gasteiger partial charge in [0, 0.05) is 23.5 Å². The van der Waals surface area contributed by atoms with Crippen LogP contribution in [-0.2, 0) is 6.54 Å². The van der Waals surface area contributed by atoms with Crippen molar-refractivity contribution >= 4 is 34.3 Å². The second-order valence-electron chi connectivity index (χ2n) is 9.35. The van der Waals surface area contributed by atoms with E-state index in [1.54, 1.807) is 35.2 Å². The Bertz CT molecular complexity index is 1870. The molecule has 0 aliphatic rings. The van der Waals surface area contributed by atoms with Gasteiger partial charge in [-0.1, -0.05) is 66.2 Å². The lowest BCUT2D eigenvalue weighted by Gasteiger charge is -2.21. The minimum Gasteiger partial charge on any atom is -0.368 e. The molecule has 3 aromatic carbocycles. The number of nitrogens with one attached hydrogen (secondary N) is 1. The van der Waals surface area contributed by atoms with Gasteiger partial charge in [-0.05, 0) is 36.8 Å². The molecule has 0 aliphatic carbocycles. The summed E-state index contributed by atoms with van der Waals surface area (Å²) < 4.78 is 3.43. The van der Waals surface area contributed by atoms with Crippen molar-refractivity contribution in [1.82, 2.24) is 29.3 Å². The summed E-state index contributed by atoms with van der Waals surface area (Å²) in [5.74, 6) is 1.11. The number of nitrogens with zero attached hydrogens (tertiary/aromatic N) is 6. The zero-order valence-corrected chi connectivity index (χ0v) is 22.3. The van der Waals surface area contributed by atoms with Crippen molar-refractivity contribution in [3.05, 3.63) is 124 Å². The average Bonchev–Trinajstić information content (AvgIpc) is 3.42. The van der Waals surface area contributed by atoms with Crippen LogP contribution in [0.3, 0.4) is 0 Å². The Labute approximate surface area is 234 Å². The lowest BCUT2D eigenvalue weighted by molar-refractivity contribution is 0.687. The van der Waals surface area contributed by atoms with E-state index in [0.717, 1.165) is 16.7 Å². The molecule has 3 N–H and O–H groups in total. The molecule has 0 bridgehead atoms. The highest BCUT2D eigenvalue weighted by Crippen LogP contribution is 2.30. The number of para-hydroxylation sites is 1. The lowest BCUT2D eigenvalue weighted by atomic mass is 10.1. The fourth-order valence-electron chi connectivity index (χ4n) is 4.67. The lowest BCUT2D eigenvalue weighted by Crippen LogP contribution is -2.27. The fraction of sp³-hybridized carbons (Fsp3) is 0.100. The van der Waals surface area contributed by atoms with Gasteiger partial charge in [-0.15, -0.1) is 0 Å². The topological polar surface area (TPSA) is 117 Å². The van der Waals surface area contributed by atoms with Crippen LogP contribution >= 0.6 is 11.6 Å². The third-order valence-electron chi connectivity index (χ3n) is 6.57. The molecule has 1 atom stereocenters. The second kappa shape index (κ2) is 10.6. The Morgan fingerprint density at radius 1 is 0.950 bits per heavy atom. The van der Waals surface area contributed by atoms with Crippen molar-refractivity contribution in [2.24, 2.45) is 0 Å². The van der Waals surface area contributed by atoms with Gasteiger partial charge in [0.2, 0.25) is 5.95 Å². The van der Waals surface area contributed by atoms with E-state index in [-0.39, 0.29) is 11.5 Å². The maximum absolute atomic E-state index is 13.8. The van der Waals surface area contributed by atoms with Crippen LogP contribution in [0.25, 0.3) is 27.7 Å². The third kappa shape index (κ3) is 4.90. The van der Waals surface area contributed by atoms with E-state index in [0.29, 0.717) is 39.8 Å². The molecule has 9 nitrogen and oxygen atoms in total. The van der Waals surface area contributed by atoms with E-state index < -0.39 is 6.04 Å². The van der Waals surface area contributed by atoms with Crippen LogP contribution in [0.15, 0.2) is 102 Å². The van der Waals surface area contributed by atoms with Crippen molar-refractivity contribution in [2.75, 3.05) is 11.1 Å². The normalized spacial score (nSPS) is 11.9. The molecule has 0 aliphatic heterocycles. The first-order valence-corrected chi connectivity index (χ1v) is 13.1. The summed E-state index contributed by atoms with van der Waals surface area (Å²) in [5.41, 5.74) is 9.61. The molecular weight excluding hydrogens is 524 g/mol. The summed E-state index contributed by atoms with van der Waals surface area (Å²) in [5, 5.41) is 8.66. The number of rotatable bonds is 7. The van der Waals surface area contributed by atoms with Crippen LogP contribution in [0.1, 0.15) is 24.4 Å². The predicted molar refractivity (Wildman–Crippen MR) is 158 cm³/mol. The third-order valence-corrected chi connectivity index (χ3v) is 6.88. The van der Waals surface area contributed by atoms with Crippen LogP contribution in [0.5, 0.6) is 0 Å². The first-order chi connectivity index (χ1) is 19.5. The van der Waals surface area contributed by atoms with E-state index in [1.165, 1.54) is 0 Å². The summed E-state index contributed by atoms with van der Waals surface area (Å²) in [6.07, 6.45) is 5.37. The standard InChI is InChI=1S/C30H25ClN8O/c1-19(28-36-25-14-8-13-24(31)26(25)29(40)39(28)22-11-6-3-7-12-22)35-27-23(16-33-30(32)37-27)21-15-34-38(18-21)17-20-9-4-2-5-10-20/h2-16,18-19H,17H2,1H3,(H3,32,33,35,37). The van der Waals surface area contributed by atoms with E-state index in [2.05, 4.69) is 32.5 Å². The van der Waals surface area contributed by atoms with Gasteiger partial charge in [-0.2, -0.15) is 10.1 Å². The number of hydrogen-bond donors (Lipinski definition) is 2. The molecule has 10 heteroatoms. The number of hydrogen-bond acceptors (Lipinski definition) is 7. The van der Waals surface area contributed by atoms with Crippen LogP contribution in [0, 0.1) is 0 Å².